The topological polar surface area (TPSA) is 79.4 Å². The Morgan fingerprint density at radius 1 is 1.17 bits per heavy atom. The van der Waals surface area contributed by atoms with E-state index in [0.29, 0.717) is 32.8 Å². The molecule has 0 spiro atoms. The van der Waals surface area contributed by atoms with Crippen LogP contribution in [-0.2, 0) is 11.2 Å². The molecule has 2 N–H and O–H groups in total. The number of benzene rings is 2. The lowest BCUT2D eigenvalue weighted by atomic mass is 10.0. The molecular weight excluding hydrogens is 330 g/mol. The van der Waals surface area contributed by atoms with Crippen molar-refractivity contribution >= 4 is 34.3 Å². The summed E-state index contributed by atoms with van der Waals surface area (Å²) in [4.78, 5) is 27.0. The Morgan fingerprint density at radius 2 is 1.88 bits per heavy atom. The Labute approximate surface area is 142 Å². The number of H-pyrrole nitrogens is 1. The van der Waals surface area contributed by atoms with Crippen LogP contribution < -0.4 is 4.74 Å². The lowest BCUT2D eigenvalue weighted by Crippen LogP contribution is -2.08. The molecule has 24 heavy (non-hydrogen) atoms. The molecule has 0 aliphatic rings. The van der Waals surface area contributed by atoms with Gasteiger partial charge in [0.25, 0.3) is 0 Å². The fourth-order valence-electron chi connectivity index (χ4n) is 2.65. The summed E-state index contributed by atoms with van der Waals surface area (Å²) in [5.74, 6) is -0.669. The van der Waals surface area contributed by atoms with Gasteiger partial charge in [-0.2, -0.15) is 0 Å². The number of ether oxygens (including phenoxy) is 1. The predicted octanol–water partition coefficient (Wildman–Crippen LogP) is 3.69. The van der Waals surface area contributed by atoms with E-state index in [9.17, 15) is 14.7 Å². The molecule has 0 saturated carbocycles. The zero-order chi connectivity index (χ0) is 17.3. The van der Waals surface area contributed by atoms with Crippen LogP contribution in [0.4, 0.5) is 0 Å². The van der Waals surface area contributed by atoms with Crippen molar-refractivity contribution in [2.45, 2.75) is 6.42 Å². The first-order valence-electron chi connectivity index (χ1n) is 7.21. The normalized spacial score (nSPS) is 10.8. The summed E-state index contributed by atoms with van der Waals surface area (Å²) in [6.45, 7) is 0. The fraction of sp³-hybridized carbons (Fsp3) is 0.111. The molecule has 6 heteroatoms. The van der Waals surface area contributed by atoms with Crippen LogP contribution in [0, 0.1) is 0 Å². The number of hydrogen-bond donors (Lipinski definition) is 2. The lowest BCUT2D eigenvalue weighted by molar-refractivity contribution is -0.136. The van der Waals surface area contributed by atoms with Crippen molar-refractivity contribution in [3.8, 4) is 5.75 Å². The number of nitrogens with one attached hydrogen (secondary N) is 1. The number of fused-ring (bicyclic) bond motifs is 1. The van der Waals surface area contributed by atoms with Crippen LogP contribution in [0.5, 0.6) is 5.75 Å². The minimum atomic E-state index is -1.01. The summed E-state index contributed by atoms with van der Waals surface area (Å²) < 4.78 is 5.08. The van der Waals surface area contributed by atoms with E-state index in [1.165, 1.54) is 0 Å². The Bertz CT molecular complexity index is 928. The summed E-state index contributed by atoms with van der Waals surface area (Å²) in [5.41, 5.74) is 1.67. The molecule has 0 aliphatic heterocycles. The number of carbonyl (C=O) groups excluding carboxylic acids is 1. The average molecular weight is 344 g/mol. The van der Waals surface area contributed by atoms with Gasteiger partial charge in [0.05, 0.1) is 29.8 Å². The summed E-state index contributed by atoms with van der Waals surface area (Å²) in [6.07, 6.45) is -0.266. The molecule has 0 amide bonds. The molecule has 0 saturated heterocycles. The summed E-state index contributed by atoms with van der Waals surface area (Å²) >= 11 is 6.16. The fourth-order valence-corrected chi connectivity index (χ4v) is 2.87. The molecule has 1 heterocycles. The first kappa shape index (κ1) is 16.1. The summed E-state index contributed by atoms with van der Waals surface area (Å²) in [7, 11) is 1.54. The van der Waals surface area contributed by atoms with Crippen molar-refractivity contribution in [2.24, 2.45) is 0 Å². The minimum Gasteiger partial charge on any atom is -0.497 e. The van der Waals surface area contributed by atoms with Gasteiger partial charge in [0, 0.05) is 16.5 Å². The van der Waals surface area contributed by atoms with Crippen LogP contribution in [0.15, 0.2) is 42.5 Å². The first-order valence-corrected chi connectivity index (χ1v) is 7.58. The second-order valence-corrected chi connectivity index (χ2v) is 5.68. The van der Waals surface area contributed by atoms with Gasteiger partial charge in [0.2, 0.25) is 5.78 Å². The molecule has 0 radical (unpaired) electrons. The van der Waals surface area contributed by atoms with E-state index in [2.05, 4.69) is 4.98 Å². The maximum Gasteiger partial charge on any atom is 0.307 e. The third kappa shape index (κ3) is 2.86. The van der Waals surface area contributed by atoms with Gasteiger partial charge in [-0.05, 0) is 30.3 Å². The number of aliphatic carboxylic acids is 1. The second kappa shape index (κ2) is 6.37. The van der Waals surface area contributed by atoms with Crippen molar-refractivity contribution < 1.29 is 19.4 Å². The Balaban J connectivity index is 2.14. The lowest BCUT2D eigenvalue weighted by Gasteiger charge is -2.04. The number of para-hydroxylation sites is 1. The van der Waals surface area contributed by atoms with E-state index < -0.39 is 5.97 Å². The van der Waals surface area contributed by atoms with E-state index >= 15 is 0 Å². The summed E-state index contributed by atoms with van der Waals surface area (Å²) in [6, 6.07) is 11.8. The molecule has 122 valence electrons. The number of hydrogen-bond acceptors (Lipinski definition) is 3. The Morgan fingerprint density at radius 3 is 2.50 bits per heavy atom. The maximum atomic E-state index is 12.8. The zero-order valence-electron chi connectivity index (χ0n) is 12.8. The number of halogens is 1. The van der Waals surface area contributed by atoms with E-state index in [4.69, 9.17) is 16.3 Å². The van der Waals surface area contributed by atoms with Gasteiger partial charge >= 0.3 is 5.97 Å². The average Bonchev–Trinajstić information content (AvgIpc) is 2.94. The van der Waals surface area contributed by atoms with Crippen molar-refractivity contribution in [1.29, 1.82) is 0 Å². The van der Waals surface area contributed by atoms with Crippen LogP contribution in [0.3, 0.4) is 0 Å². The van der Waals surface area contributed by atoms with E-state index in [-0.39, 0.29) is 17.9 Å². The van der Waals surface area contributed by atoms with Crippen molar-refractivity contribution in [1.82, 2.24) is 4.98 Å². The summed E-state index contributed by atoms with van der Waals surface area (Å²) in [5, 5.41) is 10.3. The van der Waals surface area contributed by atoms with Crippen LogP contribution in [0.2, 0.25) is 5.02 Å². The quantitative estimate of drug-likeness (QED) is 0.692. The van der Waals surface area contributed by atoms with Gasteiger partial charge < -0.3 is 14.8 Å². The van der Waals surface area contributed by atoms with Gasteiger partial charge in [-0.15, -0.1) is 0 Å². The van der Waals surface area contributed by atoms with Gasteiger partial charge in [0.1, 0.15) is 5.75 Å². The highest BCUT2D eigenvalue weighted by Crippen LogP contribution is 2.30. The molecule has 3 rings (SSSR count). The number of rotatable bonds is 5. The molecule has 0 atom stereocenters. The number of carboxylic acid groups (broad SMARTS) is 1. The van der Waals surface area contributed by atoms with E-state index in [1.54, 1.807) is 49.6 Å². The molecule has 0 fully saturated rings. The molecule has 5 nitrogen and oxygen atoms in total. The molecule has 2 aromatic carbocycles. The number of ketones is 1. The molecule has 3 aromatic rings. The Hall–Kier alpha value is -2.79. The van der Waals surface area contributed by atoms with E-state index in [1.807, 2.05) is 0 Å². The van der Waals surface area contributed by atoms with Crippen LogP contribution in [0.25, 0.3) is 10.9 Å². The third-order valence-corrected chi connectivity index (χ3v) is 4.11. The van der Waals surface area contributed by atoms with Crippen molar-refractivity contribution in [3.63, 3.8) is 0 Å². The molecular formula is C18H14ClNO4. The monoisotopic (exact) mass is 343 g/mol. The van der Waals surface area contributed by atoms with Gasteiger partial charge in [-0.1, -0.05) is 23.7 Å². The number of methoxy groups -OCH3 is 1. The minimum absolute atomic E-state index is 0.241. The predicted molar refractivity (Wildman–Crippen MR) is 91.1 cm³/mol. The second-order valence-electron chi connectivity index (χ2n) is 5.27. The largest absolute Gasteiger partial charge is 0.497 e. The maximum absolute atomic E-state index is 12.8. The van der Waals surface area contributed by atoms with Crippen LogP contribution in [0.1, 0.15) is 21.6 Å². The molecule has 0 aliphatic carbocycles. The Kier molecular flexibility index (Phi) is 4.27. The van der Waals surface area contributed by atoms with Crippen LogP contribution in [-0.4, -0.2) is 29.0 Å². The third-order valence-electron chi connectivity index (χ3n) is 3.80. The number of aromatic amines is 1. The number of carbonyl (C=O) groups is 2. The highest BCUT2D eigenvalue weighted by molar-refractivity contribution is 6.35. The van der Waals surface area contributed by atoms with Gasteiger partial charge in [0.15, 0.2) is 0 Å². The van der Waals surface area contributed by atoms with E-state index in [0.717, 1.165) is 0 Å². The zero-order valence-corrected chi connectivity index (χ0v) is 13.6. The van der Waals surface area contributed by atoms with Gasteiger partial charge in [-0.25, -0.2) is 0 Å². The number of aromatic nitrogens is 1. The smallest absolute Gasteiger partial charge is 0.307 e. The highest BCUT2D eigenvalue weighted by Gasteiger charge is 2.22. The van der Waals surface area contributed by atoms with Crippen molar-refractivity contribution in [3.05, 3.63) is 64.3 Å². The SMILES string of the molecule is COc1ccc(C(=O)c2[nH]c3c(Cl)cccc3c2CC(=O)O)cc1. The molecule has 0 unspecified atom stereocenters. The standard InChI is InChI=1S/C18H14ClNO4/c1-24-11-7-5-10(6-8-11)18(23)17-13(9-15(21)22)12-3-2-4-14(19)16(12)20-17/h2-8,20H,9H2,1H3,(H,21,22). The van der Waals surface area contributed by atoms with Gasteiger partial charge in [-0.3, -0.25) is 9.59 Å². The van der Waals surface area contributed by atoms with Crippen LogP contribution >= 0.6 is 11.6 Å². The first-order chi connectivity index (χ1) is 11.5. The molecule has 0 bridgehead atoms. The molecule has 1 aromatic heterocycles. The van der Waals surface area contributed by atoms with Crippen molar-refractivity contribution in [2.75, 3.05) is 7.11 Å². The number of carboxylic acids is 1. The highest BCUT2D eigenvalue weighted by atomic mass is 35.5.